The van der Waals surface area contributed by atoms with Gasteiger partial charge in [-0.3, -0.25) is 4.79 Å². The number of carbonyl (C=O) groups is 1. The van der Waals surface area contributed by atoms with Gasteiger partial charge in [0.15, 0.2) is 0 Å². The zero-order valence-electron chi connectivity index (χ0n) is 12.9. The molecule has 2 nitrogen and oxygen atoms in total. The fourth-order valence-electron chi connectivity index (χ4n) is 2.08. The Morgan fingerprint density at radius 3 is 2.50 bits per heavy atom. The van der Waals surface area contributed by atoms with Crippen molar-refractivity contribution in [1.29, 1.82) is 0 Å². The number of amides is 1. The number of rotatable bonds is 6. The van der Waals surface area contributed by atoms with Crippen molar-refractivity contribution in [2.75, 3.05) is 12.8 Å². The van der Waals surface area contributed by atoms with Gasteiger partial charge in [-0.2, -0.15) is 0 Å². The number of aryl methyl sites for hydroxylation is 1. The minimum Gasteiger partial charge on any atom is -0.341 e. The Kier molecular flexibility index (Phi) is 6.34. The van der Waals surface area contributed by atoms with Crippen molar-refractivity contribution in [3.05, 3.63) is 70.2 Å². The van der Waals surface area contributed by atoms with Crippen LogP contribution in [0, 0.1) is 6.92 Å². The SMILES string of the molecule is Cc1ccccc1CSCC(=O)N(C)Cc1ccc(Cl)cc1. The molecule has 0 aliphatic heterocycles. The minimum absolute atomic E-state index is 0.147. The molecule has 1 amide bonds. The predicted molar refractivity (Wildman–Crippen MR) is 95.3 cm³/mol. The van der Waals surface area contributed by atoms with E-state index < -0.39 is 0 Å². The van der Waals surface area contributed by atoms with Gasteiger partial charge in [0.2, 0.25) is 5.91 Å². The largest absolute Gasteiger partial charge is 0.341 e. The highest BCUT2D eigenvalue weighted by Crippen LogP contribution is 2.17. The topological polar surface area (TPSA) is 20.3 Å². The number of halogens is 1. The lowest BCUT2D eigenvalue weighted by atomic mass is 10.1. The molecule has 0 aromatic heterocycles. The van der Waals surface area contributed by atoms with Gasteiger partial charge in [0.1, 0.15) is 0 Å². The fraction of sp³-hybridized carbons (Fsp3) is 0.278. The summed E-state index contributed by atoms with van der Waals surface area (Å²) in [5, 5.41) is 0.714. The van der Waals surface area contributed by atoms with Crippen molar-refractivity contribution in [2.45, 2.75) is 19.2 Å². The molecule has 0 fully saturated rings. The summed E-state index contributed by atoms with van der Waals surface area (Å²) >= 11 is 7.52. The first-order chi connectivity index (χ1) is 10.6. The van der Waals surface area contributed by atoms with E-state index in [9.17, 15) is 4.79 Å². The van der Waals surface area contributed by atoms with E-state index in [1.807, 2.05) is 43.4 Å². The maximum Gasteiger partial charge on any atom is 0.232 e. The molecule has 116 valence electrons. The zero-order chi connectivity index (χ0) is 15.9. The molecule has 0 saturated carbocycles. The van der Waals surface area contributed by atoms with E-state index in [1.165, 1.54) is 11.1 Å². The van der Waals surface area contributed by atoms with Gasteiger partial charge in [-0.1, -0.05) is 48.0 Å². The van der Waals surface area contributed by atoms with Crippen LogP contribution in [0.5, 0.6) is 0 Å². The summed E-state index contributed by atoms with van der Waals surface area (Å²) in [5.74, 6) is 1.51. The van der Waals surface area contributed by atoms with Gasteiger partial charge in [-0.25, -0.2) is 0 Å². The monoisotopic (exact) mass is 333 g/mol. The molecule has 22 heavy (non-hydrogen) atoms. The molecule has 2 aromatic carbocycles. The third-order valence-electron chi connectivity index (χ3n) is 3.50. The van der Waals surface area contributed by atoms with Crippen molar-refractivity contribution in [3.8, 4) is 0 Å². The van der Waals surface area contributed by atoms with E-state index in [4.69, 9.17) is 11.6 Å². The first kappa shape index (κ1) is 16.9. The maximum absolute atomic E-state index is 12.2. The van der Waals surface area contributed by atoms with E-state index in [0.29, 0.717) is 17.3 Å². The van der Waals surface area contributed by atoms with Gasteiger partial charge in [0, 0.05) is 24.4 Å². The Labute approximate surface area is 141 Å². The summed E-state index contributed by atoms with van der Waals surface area (Å²) in [6.45, 7) is 2.71. The van der Waals surface area contributed by atoms with Crippen LogP contribution >= 0.6 is 23.4 Å². The second-order valence-electron chi connectivity index (χ2n) is 5.30. The van der Waals surface area contributed by atoms with Crippen LogP contribution < -0.4 is 0 Å². The molecule has 0 aliphatic rings. The summed E-state index contributed by atoms with van der Waals surface area (Å²) < 4.78 is 0. The molecule has 0 atom stereocenters. The first-order valence-corrected chi connectivity index (χ1v) is 8.70. The molecule has 4 heteroatoms. The Bertz CT molecular complexity index is 627. The molecule has 0 radical (unpaired) electrons. The number of nitrogens with zero attached hydrogens (tertiary/aromatic N) is 1. The molecule has 2 aromatic rings. The quantitative estimate of drug-likeness (QED) is 0.773. The molecule has 0 N–H and O–H groups in total. The van der Waals surface area contributed by atoms with Gasteiger partial charge in [-0.15, -0.1) is 11.8 Å². The lowest BCUT2D eigenvalue weighted by Gasteiger charge is -2.17. The molecule has 0 unspecified atom stereocenters. The van der Waals surface area contributed by atoms with Gasteiger partial charge in [0.25, 0.3) is 0 Å². The standard InChI is InChI=1S/C18H20ClNOS/c1-14-5-3-4-6-16(14)12-22-13-18(21)20(2)11-15-7-9-17(19)10-8-15/h3-10H,11-13H2,1-2H3. The number of hydrogen-bond donors (Lipinski definition) is 0. The second-order valence-corrected chi connectivity index (χ2v) is 6.72. The number of hydrogen-bond acceptors (Lipinski definition) is 2. The molecular weight excluding hydrogens is 314 g/mol. The Balaban J connectivity index is 1.79. The van der Waals surface area contributed by atoms with Crippen LogP contribution in [-0.4, -0.2) is 23.6 Å². The van der Waals surface area contributed by atoms with E-state index >= 15 is 0 Å². The molecule has 0 spiro atoms. The van der Waals surface area contributed by atoms with Gasteiger partial charge in [-0.05, 0) is 35.7 Å². The maximum atomic E-state index is 12.2. The lowest BCUT2D eigenvalue weighted by molar-refractivity contribution is -0.127. The summed E-state index contributed by atoms with van der Waals surface area (Å²) in [7, 11) is 1.84. The van der Waals surface area contributed by atoms with Crippen molar-refractivity contribution in [3.63, 3.8) is 0 Å². The van der Waals surface area contributed by atoms with Crippen molar-refractivity contribution < 1.29 is 4.79 Å². The van der Waals surface area contributed by atoms with Crippen molar-refractivity contribution in [1.82, 2.24) is 4.90 Å². The van der Waals surface area contributed by atoms with Crippen LogP contribution in [0.2, 0.25) is 5.02 Å². The van der Waals surface area contributed by atoms with E-state index in [2.05, 4.69) is 19.1 Å². The second kappa shape index (κ2) is 8.25. The van der Waals surface area contributed by atoms with Crippen LogP contribution in [0.1, 0.15) is 16.7 Å². The minimum atomic E-state index is 0.147. The van der Waals surface area contributed by atoms with Crippen LogP contribution in [-0.2, 0) is 17.1 Å². The van der Waals surface area contributed by atoms with Crippen molar-refractivity contribution in [2.24, 2.45) is 0 Å². The van der Waals surface area contributed by atoms with E-state index in [0.717, 1.165) is 11.3 Å². The Hall–Kier alpha value is -1.45. The molecule has 0 aliphatic carbocycles. The Morgan fingerprint density at radius 1 is 1.14 bits per heavy atom. The normalized spacial score (nSPS) is 10.5. The fourth-order valence-corrected chi connectivity index (χ4v) is 3.25. The highest BCUT2D eigenvalue weighted by atomic mass is 35.5. The summed E-state index contributed by atoms with van der Waals surface area (Å²) in [6.07, 6.45) is 0. The third-order valence-corrected chi connectivity index (χ3v) is 4.72. The van der Waals surface area contributed by atoms with Crippen LogP contribution in [0.3, 0.4) is 0 Å². The molecule has 0 saturated heterocycles. The smallest absolute Gasteiger partial charge is 0.232 e. The van der Waals surface area contributed by atoms with Crippen LogP contribution in [0.4, 0.5) is 0 Å². The van der Waals surface area contributed by atoms with Crippen LogP contribution in [0.25, 0.3) is 0 Å². The van der Waals surface area contributed by atoms with Gasteiger partial charge in [0.05, 0.1) is 5.75 Å². The summed E-state index contributed by atoms with van der Waals surface area (Å²) in [5.41, 5.74) is 3.65. The van der Waals surface area contributed by atoms with Crippen LogP contribution in [0.15, 0.2) is 48.5 Å². The first-order valence-electron chi connectivity index (χ1n) is 7.17. The molecule has 0 heterocycles. The highest BCUT2D eigenvalue weighted by molar-refractivity contribution is 7.99. The Morgan fingerprint density at radius 2 is 1.82 bits per heavy atom. The third kappa shape index (κ3) is 5.08. The predicted octanol–water partition coefficient (Wildman–Crippen LogP) is 4.54. The lowest BCUT2D eigenvalue weighted by Crippen LogP contribution is -2.27. The molecule has 0 bridgehead atoms. The van der Waals surface area contributed by atoms with E-state index in [-0.39, 0.29) is 5.91 Å². The molecular formula is C18H20ClNOS. The summed E-state index contributed by atoms with van der Waals surface area (Å²) in [6, 6.07) is 15.9. The number of benzene rings is 2. The van der Waals surface area contributed by atoms with Crippen molar-refractivity contribution >= 4 is 29.3 Å². The van der Waals surface area contributed by atoms with E-state index in [1.54, 1.807) is 16.7 Å². The summed E-state index contributed by atoms with van der Waals surface area (Å²) in [4.78, 5) is 13.9. The highest BCUT2D eigenvalue weighted by Gasteiger charge is 2.09. The average Bonchev–Trinajstić information content (AvgIpc) is 2.51. The van der Waals surface area contributed by atoms with Gasteiger partial charge >= 0.3 is 0 Å². The number of thioether (sulfide) groups is 1. The molecule has 2 rings (SSSR count). The zero-order valence-corrected chi connectivity index (χ0v) is 14.5. The average molecular weight is 334 g/mol. The number of carbonyl (C=O) groups excluding carboxylic acids is 1. The van der Waals surface area contributed by atoms with Gasteiger partial charge < -0.3 is 4.90 Å².